The summed E-state index contributed by atoms with van der Waals surface area (Å²) in [5.74, 6) is -3.95. The number of likely N-dealkylation sites (tertiary alicyclic amines) is 1. The molecule has 12 heteroatoms. The van der Waals surface area contributed by atoms with Gasteiger partial charge in [-0.1, -0.05) is 12.1 Å². The van der Waals surface area contributed by atoms with Crippen molar-refractivity contribution in [2.75, 3.05) is 33.2 Å². The van der Waals surface area contributed by atoms with E-state index < -0.39 is 46.7 Å². The molecule has 1 unspecified atom stereocenters. The second-order valence-electron chi connectivity index (χ2n) is 9.92. The van der Waals surface area contributed by atoms with Crippen LogP contribution in [-0.2, 0) is 10.2 Å². The molecule has 4 rings (SSSR count). The number of urea groups is 1. The average molecular weight is 580 g/mol. The summed E-state index contributed by atoms with van der Waals surface area (Å²) in [4.78, 5) is 28.9. The van der Waals surface area contributed by atoms with Crippen LogP contribution in [0.3, 0.4) is 0 Å². The first kappa shape index (κ1) is 30.9. The Balaban J connectivity index is 0.00000441. The van der Waals surface area contributed by atoms with E-state index in [-0.39, 0.29) is 29.1 Å². The number of amides is 3. The number of hydrogen-bond donors (Lipinski definition) is 2. The molecule has 0 radical (unpaired) electrons. The standard InChI is InChI=1S/C28H29F4N5O2.ClH/c1-17-24(25(36(2)27(39)35-17)18-4-7-21(30)23(32)14-18)26(38)34-10-3-11-37-12-8-28(16-33,9-13-37)20-6-5-19(29)15-22(20)31;/h4-7,14-15,25H,3,8-13H2,1-2H3,(H,34,38)(H,35,39);1H. The molecule has 1 atom stereocenters. The number of rotatable bonds is 7. The predicted molar refractivity (Wildman–Crippen MR) is 142 cm³/mol. The van der Waals surface area contributed by atoms with Gasteiger partial charge in [-0.25, -0.2) is 22.4 Å². The molecule has 1 saturated heterocycles. The highest BCUT2D eigenvalue weighted by Gasteiger charge is 2.39. The Kier molecular flexibility index (Phi) is 9.82. The summed E-state index contributed by atoms with van der Waals surface area (Å²) >= 11 is 0. The van der Waals surface area contributed by atoms with Crippen LogP contribution in [0.1, 0.15) is 43.4 Å². The van der Waals surface area contributed by atoms with E-state index in [1.807, 2.05) is 0 Å². The molecule has 0 bridgehead atoms. The molecule has 2 heterocycles. The van der Waals surface area contributed by atoms with Crippen LogP contribution >= 0.6 is 12.4 Å². The lowest BCUT2D eigenvalue weighted by Gasteiger charge is -2.38. The van der Waals surface area contributed by atoms with Gasteiger partial charge >= 0.3 is 6.03 Å². The van der Waals surface area contributed by atoms with Crippen molar-refractivity contribution < 1.29 is 27.2 Å². The quantitative estimate of drug-likeness (QED) is 0.368. The molecule has 0 aromatic heterocycles. The summed E-state index contributed by atoms with van der Waals surface area (Å²) in [5.41, 5.74) is 0.00635. The number of piperidine rings is 1. The molecule has 0 aliphatic carbocycles. The van der Waals surface area contributed by atoms with Gasteiger partial charge in [0.15, 0.2) is 11.6 Å². The molecule has 7 nitrogen and oxygen atoms in total. The first-order valence-electron chi connectivity index (χ1n) is 12.6. The van der Waals surface area contributed by atoms with E-state index in [1.54, 1.807) is 6.92 Å². The molecule has 2 N–H and O–H groups in total. The molecule has 3 amide bonds. The number of allylic oxidation sites excluding steroid dienone is 1. The van der Waals surface area contributed by atoms with E-state index in [1.165, 1.54) is 24.1 Å². The summed E-state index contributed by atoms with van der Waals surface area (Å²) in [5, 5.41) is 15.3. The van der Waals surface area contributed by atoms with Crippen LogP contribution in [0.5, 0.6) is 0 Å². The number of nitrogens with one attached hydrogen (secondary N) is 2. The number of halogens is 5. The van der Waals surface area contributed by atoms with Gasteiger partial charge in [0.1, 0.15) is 11.6 Å². The Morgan fingerprint density at radius 2 is 1.80 bits per heavy atom. The SMILES string of the molecule is CC1=C(C(=O)NCCCN2CCC(C#N)(c3ccc(F)cc3F)CC2)C(c2ccc(F)c(F)c2)N(C)C(=O)N1.Cl. The largest absolute Gasteiger partial charge is 0.352 e. The monoisotopic (exact) mass is 579 g/mol. The number of carbonyl (C=O) groups is 2. The zero-order valence-electron chi connectivity index (χ0n) is 22.1. The van der Waals surface area contributed by atoms with Crippen LogP contribution in [0.25, 0.3) is 0 Å². The summed E-state index contributed by atoms with van der Waals surface area (Å²) in [7, 11) is 1.47. The molecular weight excluding hydrogens is 550 g/mol. The number of nitriles is 1. The van der Waals surface area contributed by atoms with Crippen molar-refractivity contribution in [1.29, 1.82) is 5.26 Å². The van der Waals surface area contributed by atoms with E-state index in [0.29, 0.717) is 51.1 Å². The fourth-order valence-electron chi connectivity index (χ4n) is 5.28. The van der Waals surface area contributed by atoms with Crippen LogP contribution in [0.15, 0.2) is 47.7 Å². The molecule has 0 spiro atoms. The first-order valence-corrected chi connectivity index (χ1v) is 12.6. The molecule has 1 fully saturated rings. The Bertz CT molecular complexity index is 1350. The zero-order valence-corrected chi connectivity index (χ0v) is 22.9. The Labute approximate surface area is 236 Å². The third-order valence-electron chi connectivity index (χ3n) is 7.49. The second kappa shape index (κ2) is 12.7. The van der Waals surface area contributed by atoms with Crippen molar-refractivity contribution in [2.24, 2.45) is 0 Å². The Hall–Kier alpha value is -3.62. The summed E-state index contributed by atoms with van der Waals surface area (Å²) < 4.78 is 55.2. The van der Waals surface area contributed by atoms with Gasteiger partial charge < -0.3 is 20.4 Å². The van der Waals surface area contributed by atoms with Crippen LogP contribution in [0.2, 0.25) is 0 Å². The van der Waals surface area contributed by atoms with Crippen molar-refractivity contribution in [3.8, 4) is 6.07 Å². The summed E-state index contributed by atoms with van der Waals surface area (Å²) in [6.45, 7) is 3.58. The third-order valence-corrected chi connectivity index (χ3v) is 7.49. The molecule has 0 saturated carbocycles. The topological polar surface area (TPSA) is 88.5 Å². The van der Waals surface area contributed by atoms with E-state index in [4.69, 9.17) is 0 Å². The number of hydrogen-bond acceptors (Lipinski definition) is 4. The van der Waals surface area contributed by atoms with Gasteiger partial charge in [0, 0.05) is 30.9 Å². The molecule has 214 valence electrons. The molecule has 2 aliphatic heterocycles. The van der Waals surface area contributed by atoms with Gasteiger partial charge in [-0.2, -0.15) is 5.26 Å². The maximum absolute atomic E-state index is 14.4. The van der Waals surface area contributed by atoms with Crippen molar-refractivity contribution in [1.82, 2.24) is 20.4 Å². The highest BCUT2D eigenvalue weighted by atomic mass is 35.5. The Morgan fingerprint density at radius 1 is 1.10 bits per heavy atom. The van der Waals surface area contributed by atoms with Gasteiger partial charge in [-0.15, -0.1) is 12.4 Å². The summed E-state index contributed by atoms with van der Waals surface area (Å²) in [6.07, 6.45) is 1.37. The maximum Gasteiger partial charge on any atom is 0.322 e. The first-order chi connectivity index (χ1) is 18.6. The fraction of sp³-hybridized carbons (Fsp3) is 0.393. The highest BCUT2D eigenvalue weighted by molar-refractivity contribution is 5.98. The smallest absolute Gasteiger partial charge is 0.322 e. The van der Waals surface area contributed by atoms with Crippen molar-refractivity contribution in [3.05, 3.63) is 82.1 Å². The van der Waals surface area contributed by atoms with E-state index in [9.17, 15) is 32.4 Å². The fourth-order valence-corrected chi connectivity index (χ4v) is 5.28. The number of likely N-dealkylation sites (N-methyl/N-ethyl adjacent to an activating group) is 1. The van der Waals surface area contributed by atoms with Crippen LogP contribution in [0, 0.1) is 34.6 Å². The average Bonchev–Trinajstić information content (AvgIpc) is 2.90. The minimum absolute atomic E-state index is 0. The van der Waals surface area contributed by atoms with Crippen LogP contribution in [0.4, 0.5) is 22.4 Å². The van der Waals surface area contributed by atoms with E-state index >= 15 is 0 Å². The van der Waals surface area contributed by atoms with Gasteiger partial charge in [-0.3, -0.25) is 4.79 Å². The lowest BCUT2D eigenvalue weighted by Crippen LogP contribution is -2.48. The minimum atomic E-state index is -1.08. The van der Waals surface area contributed by atoms with Crippen LogP contribution in [-0.4, -0.2) is 55.0 Å². The van der Waals surface area contributed by atoms with Crippen molar-refractivity contribution in [2.45, 2.75) is 37.6 Å². The van der Waals surface area contributed by atoms with Crippen LogP contribution < -0.4 is 10.6 Å². The lowest BCUT2D eigenvalue weighted by molar-refractivity contribution is -0.118. The van der Waals surface area contributed by atoms with E-state index in [0.717, 1.165) is 24.3 Å². The lowest BCUT2D eigenvalue weighted by atomic mass is 9.73. The highest BCUT2D eigenvalue weighted by Crippen LogP contribution is 2.37. The molecule has 40 heavy (non-hydrogen) atoms. The second-order valence-corrected chi connectivity index (χ2v) is 9.92. The van der Waals surface area contributed by atoms with Gasteiger partial charge in [0.2, 0.25) is 0 Å². The Morgan fingerprint density at radius 3 is 2.42 bits per heavy atom. The molecular formula is C28H30ClF4N5O2. The number of carbonyl (C=O) groups excluding carboxylic acids is 2. The minimum Gasteiger partial charge on any atom is -0.352 e. The number of nitrogens with zero attached hydrogens (tertiary/aromatic N) is 3. The van der Waals surface area contributed by atoms with Gasteiger partial charge in [0.25, 0.3) is 5.91 Å². The molecule has 2 aliphatic rings. The van der Waals surface area contributed by atoms with Crippen molar-refractivity contribution in [3.63, 3.8) is 0 Å². The van der Waals surface area contributed by atoms with Gasteiger partial charge in [-0.05, 0) is 69.6 Å². The summed E-state index contributed by atoms with van der Waals surface area (Å²) in [6, 6.07) is 7.44. The zero-order chi connectivity index (χ0) is 28.3. The predicted octanol–water partition coefficient (Wildman–Crippen LogP) is 4.70. The number of benzene rings is 2. The molecule has 2 aromatic rings. The normalized spacial score (nSPS) is 19.0. The maximum atomic E-state index is 14.4. The van der Waals surface area contributed by atoms with Gasteiger partial charge in [0.05, 0.1) is 23.1 Å². The van der Waals surface area contributed by atoms with Crippen molar-refractivity contribution >= 4 is 24.3 Å². The van der Waals surface area contributed by atoms with E-state index in [2.05, 4.69) is 21.6 Å². The third kappa shape index (κ3) is 6.24. The molecule has 2 aromatic carbocycles.